The van der Waals surface area contributed by atoms with E-state index < -0.39 is 0 Å². The predicted molar refractivity (Wildman–Crippen MR) is 49.8 cm³/mol. The highest BCUT2D eigenvalue weighted by atomic mass is 79.9. The molecule has 0 bridgehead atoms. The van der Waals surface area contributed by atoms with Crippen LogP contribution in [-0.4, -0.2) is 7.11 Å². The monoisotopic (exact) mass is 215 g/mol. The summed E-state index contributed by atoms with van der Waals surface area (Å²) in [6.07, 6.45) is 0. The average molecular weight is 216 g/mol. The number of halogens is 1. The first-order chi connectivity index (χ1) is 5.16. The molecular formula is C8H10BrNO. The van der Waals surface area contributed by atoms with Gasteiger partial charge in [0.05, 0.1) is 17.3 Å². The Labute approximate surface area is 74.5 Å². The lowest BCUT2D eigenvalue weighted by Gasteiger charge is -2.07. The van der Waals surface area contributed by atoms with Gasteiger partial charge in [-0.2, -0.15) is 0 Å². The standard InChI is InChI=1S/C8H10BrNO/c1-5-3-4-6(10)8(11-2)7(5)9/h3-4H,10H2,1-2H3. The van der Waals surface area contributed by atoms with Crippen molar-refractivity contribution in [2.45, 2.75) is 6.92 Å². The normalized spacial score (nSPS) is 9.73. The smallest absolute Gasteiger partial charge is 0.156 e. The average Bonchev–Trinajstić information content (AvgIpc) is 1.99. The highest BCUT2D eigenvalue weighted by Gasteiger charge is 2.05. The van der Waals surface area contributed by atoms with Gasteiger partial charge in [-0.25, -0.2) is 0 Å². The Balaban J connectivity index is 3.29. The van der Waals surface area contributed by atoms with Gasteiger partial charge in [-0.15, -0.1) is 0 Å². The summed E-state index contributed by atoms with van der Waals surface area (Å²) in [5.41, 5.74) is 7.42. The fraction of sp³-hybridized carbons (Fsp3) is 0.250. The van der Waals surface area contributed by atoms with Crippen LogP contribution in [0.1, 0.15) is 5.56 Å². The van der Waals surface area contributed by atoms with Crippen LogP contribution in [0, 0.1) is 6.92 Å². The van der Waals surface area contributed by atoms with E-state index in [1.807, 2.05) is 19.1 Å². The van der Waals surface area contributed by atoms with Crippen molar-refractivity contribution in [3.05, 3.63) is 22.2 Å². The number of ether oxygens (including phenoxy) is 1. The van der Waals surface area contributed by atoms with Crippen LogP contribution < -0.4 is 10.5 Å². The molecule has 0 aromatic heterocycles. The second-order valence-electron chi connectivity index (χ2n) is 2.32. The van der Waals surface area contributed by atoms with E-state index in [0.29, 0.717) is 11.4 Å². The van der Waals surface area contributed by atoms with Gasteiger partial charge in [-0.1, -0.05) is 6.07 Å². The summed E-state index contributed by atoms with van der Waals surface area (Å²) in [5.74, 6) is 0.713. The fourth-order valence-corrected chi connectivity index (χ4v) is 1.40. The van der Waals surface area contributed by atoms with Crippen LogP contribution in [0.5, 0.6) is 5.75 Å². The molecule has 0 atom stereocenters. The minimum Gasteiger partial charge on any atom is -0.493 e. The second kappa shape index (κ2) is 3.13. The van der Waals surface area contributed by atoms with Gasteiger partial charge in [0.25, 0.3) is 0 Å². The maximum absolute atomic E-state index is 5.65. The molecule has 2 nitrogen and oxygen atoms in total. The lowest BCUT2D eigenvalue weighted by Crippen LogP contribution is -1.94. The third kappa shape index (κ3) is 1.48. The molecule has 0 aliphatic carbocycles. The molecule has 0 aliphatic rings. The predicted octanol–water partition coefficient (Wildman–Crippen LogP) is 2.35. The number of hydrogen-bond acceptors (Lipinski definition) is 2. The first kappa shape index (κ1) is 8.40. The number of benzene rings is 1. The Hall–Kier alpha value is -0.700. The molecule has 1 rings (SSSR count). The Morgan fingerprint density at radius 3 is 2.55 bits per heavy atom. The minimum atomic E-state index is 0.657. The van der Waals surface area contributed by atoms with Gasteiger partial charge < -0.3 is 10.5 Å². The van der Waals surface area contributed by atoms with Crippen molar-refractivity contribution in [3.8, 4) is 5.75 Å². The SMILES string of the molecule is COc1c(N)ccc(C)c1Br. The van der Waals surface area contributed by atoms with E-state index in [1.165, 1.54) is 0 Å². The zero-order valence-corrected chi connectivity index (χ0v) is 8.10. The molecule has 0 saturated heterocycles. The number of hydrogen-bond donors (Lipinski definition) is 1. The minimum absolute atomic E-state index is 0.657. The maximum atomic E-state index is 5.65. The summed E-state index contributed by atoms with van der Waals surface area (Å²) in [5, 5.41) is 0. The summed E-state index contributed by atoms with van der Waals surface area (Å²) in [7, 11) is 1.61. The Morgan fingerprint density at radius 2 is 2.09 bits per heavy atom. The highest BCUT2D eigenvalue weighted by Crippen LogP contribution is 2.33. The van der Waals surface area contributed by atoms with Crippen molar-refractivity contribution in [3.63, 3.8) is 0 Å². The lowest BCUT2D eigenvalue weighted by molar-refractivity contribution is 0.414. The molecule has 3 heteroatoms. The van der Waals surface area contributed by atoms with Gasteiger partial charge in [0.2, 0.25) is 0 Å². The molecule has 0 unspecified atom stereocenters. The first-order valence-electron chi connectivity index (χ1n) is 3.25. The summed E-state index contributed by atoms with van der Waals surface area (Å²) in [6, 6.07) is 3.78. The lowest BCUT2D eigenvalue weighted by atomic mass is 10.2. The van der Waals surface area contributed by atoms with Crippen LogP contribution in [-0.2, 0) is 0 Å². The molecule has 0 heterocycles. The van der Waals surface area contributed by atoms with Crippen LogP contribution in [0.2, 0.25) is 0 Å². The Kier molecular flexibility index (Phi) is 2.39. The first-order valence-corrected chi connectivity index (χ1v) is 4.04. The quantitative estimate of drug-likeness (QED) is 0.731. The fourth-order valence-electron chi connectivity index (χ4n) is 0.877. The van der Waals surface area contributed by atoms with E-state index in [9.17, 15) is 0 Å². The van der Waals surface area contributed by atoms with E-state index in [4.69, 9.17) is 10.5 Å². The van der Waals surface area contributed by atoms with E-state index >= 15 is 0 Å². The van der Waals surface area contributed by atoms with Crippen LogP contribution >= 0.6 is 15.9 Å². The Bertz CT molecular complexity index is 273. The number of nitrogen functional groups attached to an aromatic ring is 1. The molecule has 60 valence electrons. The zero-order chi connectivity index (χ0) is 8.43. The van der Waals surface area contributed by atoms with Crippen molar-refractivity contribution in [1.29, 1.82) is 0 Å². The van der Waals surface area contributed by atoms with Crippen LogP contribution in [0.4, 0.5) is 5.69 Å². The van der Waals surface area contributed by atoms with E-state index in [0.717, 1.165) is 10.0 Å². The van der Waals surface area contributed by atoms with Crippen LogP contribution in [0.25, 0.3) is 0 Å². The summed E-state index contributed by atoms with van der Waals surface area (Å²) in [6.45, 7) is 1.99. The van der Waals surface area contributed by atoms with Gasteiger partial charge in [0.15, 0.2) is 5.75 Å². The number of anilines is 1. The molecule has 1 aromatic rings. The largest absolute Gasteiger partial charge is 0.493 e. The zero-order valence-electron chi connectivity index (χ0n) is 6.52. The third-order valence-electron chi connectivity index (χ3n) is 1.52. The van der Waals surface area contributed by atoms with Crippen molar-refractivity contribution in [2.24, 2.45) is 0 Å². The molecule has 2 N–H and O–H groups in total. The molecule has 0 spiro atoms. The summed E-state index contributed by atoms with van der Waals surface area (Å²) in [4.78, 5) is 0. The van der Waals surface area contributed by atoms with E-state index in [-0.39, 0.29) is 0 Å². The molecule has 1 aromatic carbocycles. The van der Waals surface area contributed by atoms with E-state index in [1.54, 1.807) is 7.11 Å². The van der Waals surface area contributed by atoms with Crippen molar-refractivity contribution < 1.29 is 4.74 Å². The molecule has 0 aliphatic heterocycles. The highest BCUT2D eigenvalue weighted by molar-refractivity contribution is 9.10. The molecule has 0 radical (unpaired) electrons. The van der Waals surface area contributed by atoms with Gasteiger partial charge in [0, 0.05) is 0 Å². The molecule has 0 fully saturated rings. The summed E-state index contributed by atoms with van der Waals surface area (Å²) >= 11 is 3.39. The van der Waals surface area contributed by atoms with Gasteiger partial charge in [0.1, 0.15) is 0 Å². The second-order valence-corrected chi connectivity index (χ2v) is 3.11. The maximum Gasteiger partial charge on any atom is 0.156 e. The topological polar surface area (TPSA) is 35.2 Å². The molecule has 11 heavy (non-hydrogen) atoms. The van der Waals surface area contributed by atoms with Crippen LogP contribution in [0.3, 0.4) is 0 Å². The van der Waals surface area contributed by atoms with Crippen molar-refractivity contribution in [1.82, 2.24) is 0 Å². The number of aryl methyl sites for hydroxylation is 1. The van der Waals surface area contributed by atoms with Gasteiger partial charge in [-0.05, 0) is 34.5 Å². The number of nitrogens with two attached hydrogens (primary N) is 1. The third-order valence-corrected chi connectivity index (χ3v) is 2.51. The number of rotatable bonds is 1. The van der Waals surface area contributed by atoms with Gasteiger partial charge in [-0.3, -0.25) is 0 Å². The molecule has 0 amide bonds. The van der Waals surface area contributed by atoms with Crippen molar-refractivity contribution in [2.75, 3.05) is 12.8 Å². The molecular weight excluding hydrogens is 206 g/mol. The van der Waals surface area contributed by atoms with Gasteiger partial charge >= 0.3 is 0 Å². The van der Waals surface area contributed by atoms with Crippen molar-refractivity contribution >= 4 is 21.6 Å². The number of methoxy groups -OCH3 is 1. The van der Waals surface area contributed by atoms with E-state index in [2.05, 4.69) is 15.9 Å². The summed E-state index contributed by atoms with van der Waals surface area (Å²) < 4.78 is 6.02. The molecule has 0 saturated carbocycles. The Morgan fingerprint density at radius 1 is 1.45 bits per heavy atom. The van der Waals surface area contributed by atoms with Crippen LogP contribution in [0.15, 0.2) is 16.6 Å².